The molecule has 4 aliphatic rings. The first-order valence-corrected chi connectivity index (χ1v) is 43.6. The molecular formula is C96H57B2N5OSe4. The van der Waals surface area contributed by atoms with Crippen LogP contribution in [0.3, 0.4) is 0 Å². The molecule has 0 unspecified atom stereocenters. The van der Waals surface area contributed by atoms with Gasteiger partial charge in [-0.2, -0.15) is 0 Å². The molecule has 4 aliphatic heterocycles. The molecule has 0 saturated heterocycles. The van der Waals surface area contributed by atoms with Crippen LogP contribution in [-0.4, -0.2) is 71.4 Å². The third kappa shape index (κ3) is 9.03. The Morgan fingerprint density at radius 3 is 1.10 bits per heavy atom. The number of anilines is 15. The van der Waals surface area contributed by atoms with Crippen LogP contribution < -0.4 is 62.0 Å². The third-order valence-corrected chi connectivity index (χ3v) is 32.3. The summed E-state index contributed by atoms with van der Waals surface area (Å²) < 4.78 is 19.4. The van der Waals surface area contributed by atoms with Gasteiger partial charge in [-0.3, -0.25) is 0 Å². The molecule has 0 N–H and O–H groups in total. The summed E-state index contributed by atoms with van der Waals surface area (Å²) in [7, 11) is 0. The Bertz CT molecular complexity index is 7200. The number of benzene rings is 16. The quantitative estimate of drug-likeness (QED) is 0.134. The zero-order valence-corrected chi connectivity index (χ0v) is 64.7. The van der Waals surface area contributed by atoms with Crippen LogP contribution in [0.4, 0.5) is 85.3 Å². The SMILES string of the molecule is c1ccc(N2c3cc4c(cc3B3c5ccccc5N(c5cccc6[se]c7ccccc7c56)c5cc(N(c6ccccc6)c6cccc7[se]c8ccccc8c67)cc2c53)B2c3ccccc3N(c3cccc5[se]c6ccccc6c35)c3cc(N(c5ccccc5)c5cccc6[se]c7ccccc7c56)cc(c32)O4)cc1. The van der Waals surface area contributed by atoms with E-state index in [0.29, 0.717) is 0 Å². The summed E-state index contributed by atoms with van der Waals surface area (Å²) in [4.78, 5) is 12.9. The Hall–Kier alpha value is -11.5. The minimum absolute atomic E-state index is 0.138. The molecule has 0 spiro atoms. The standard InChI is InChI=1S/C96H57B2N5OSe4/c1-4-26-58(27-5-1)99(73-40-22-48-87-91(73)63-32-10-18-44-83(63)105-87)61-52-78-95-79(53-61)102(75-42-24-50-89-93(75)65-34-12-20-46-85(65)107-89)71-38-16-14-36-67(71)97(95)69-56-70-81(57-77(69)101(78)60-30-8-3-9-31-60)104-82-55-62(100(59-28-6-2-7-29-59)74-41-23-49-88-92(74)64-33-11-19-45-84(64)106-88)54-80-96(82)98(70)68-37-15-17-39-72(68)103(80)76-43-25-51-90-94(76)66-35-13-21-47-86(66)108-90/h1-57H. The molecule has 12 heteroatoms. The molecule has 20 aromatic rings. The van der Waals surface area contributed by atoms with Gasteiger partial charge >= 0.3 is 653 Å². The fraction of sp³-hybridized carbons (Fsp3) is 0. The van der Waals surface area contributed by atoms with Crippen molar-refractivity contribution >= 4 is 267 Å². The van der Waals surface area contributed by atoms with Crippen LogP contribution in [0.1, 0.15) is 0 Å². The van der Waals surface area contributed by atoms with Gasteiger partial charge < -0.3 is 0 Å². The van der Waals surface area contributed by atoms with E-state index >= 15 is 0 Å². The van der Waals surface area contributed by atoms with Crippen LogP contribution in [0.2, 0.25) is 0 Å². The minimum atomic E-state index is -0.226. The van der Waals surface area contributed by atoms with Crippen LogP contribution in [-0.2, 0) is 0 Å². The summed E-state index contributed by atoms with van der Waals surface area (Å²) in [6, 6.07) is 131. The van der Waals surface area contributed by atoms with Gasteiger partial charge in [0.05, 0.1) is 0 Å². The molecule has 0 bridgehead atoms. The Labute approximate surface area is 647 Å². The molecule has 502 valence electrons. The molecule has 108 heavy (non-hydrogen) atoms. The molecule has 16 aromatic carbocycles. The molecule has 0 saturated carbocycles. The normalized spacial score (nSPS) is 13.2. The van der Waals surface area contributed by atoms with Crippen molar-refractivity contribution in [3.8, 4) is 11.5 Å². The van der Waals surface area contributed by atoms with Crippen molar-refractivity contribution in [3.05, 3.63) is 346 Å². The number of nitrogens with zero attached hydrogens (tertiary/aromatic N) is 5. The zero-order valence-electron chi connectivity index (χ0n) is 57.8. The van der Waals surface area contributed by atoms with Crippen molar-refractivity contribution in [2.24, 2.45) is 0 Å². The van der Waals surface area contributed by atoms with Crippen LogP contribution in [0, 0.1) is 0 Å². The maximum atomic E-state index is 8.11. The van der Waals surface area contributed by atoms with Gasteiger partial charge in [-0.05, 0) is 0 Å². The topological polar surface area (TPSA) is 25.4 Å². The summed E-state index contributed by atoms with van der Waals surface area (Å²) in [5.41, 5.74) is 24.1. The van der Waals surface area contributed by atoms with Crippen molar-refractivity contribution in [3.63, 3.8) is 0 Å². The molecule has 8 heterocycles. The van der Waals surface area contributed by atoms with E-state index in [9.17, 15) is 0 Å². The van der Waals surface area contributed by atoms with Gasteiger partial charge in [0, 0.05) is 0 Å². The summed E-state index contributed by atoms with van der Waals surface area (Å²) in [5, 5.41) is 10.5. The van der Waals surface area contributed by atoms with Gasteiger partial charge in [-0.25, -0.2) is 0 Å². The second-order valence-corrected chi connectivity index (χ2v) is 37.6. The molecule has 4 aromatic heterocycles. The molecule has 0 amide bonds. The predicted molar refractivity (Wildman–Crippen MR) is 463 cm³/mol. The molecule has 0 atom stereocenters. The fourth-order valence-corrected chi connectivity index (χ4v) is 28.0. The van der Waals surface area contributed by atoms with E-state index in [2.05, 4.69) is 370 Å². The number of para-hydroxylation sites is 5. The number of hydrogen-bond acceptors (Lipinski definition) is 6. The van der Waals surface area contributed by atoms with Crippen molar-refractivity contribution in [1.29, 1.82) is 0 Å². The number of fused-ring (bicyclic) bond motifs is 20. The molecule has 0 radical (unpaired) electrons. The Balaban J connectivity index is 0.797. The molecular weight excluding hydrogens is 1580 g/mol. The maximum absolute atomic E-state index is 8.11. The average molecular weight is 1630 g/mol. The van der Waals surface area contributed by atoms with Crippen molar-refractivity contribution in [2.75, 3.05) is 24.5 Å². The summed E-state index contributed by atoms with van der Waals surface area (Å²) in [5.74, 6) is 1.69. The second-order valence-electron chi connectivity index (χ2n) is 28.5. The van der Waals surface area contributed by atoms with Gasteiger partial charge in [-0.15, -0.1) is 0 Å². The number of hydrogen-bond donors (Lipinski definition) is 0. The van der Waals surface area contributed by atoms with Crippen LogP contribution >= 0.6 is 0 Å². The van der Waals surface area contributed by atoms with Crippen molar-refractivity contribution in [1.82, 2.24) is 0 Å². The summed E-state index contributed by atoms with van der Waals surface area (Å²) in [6.07, 6.45) is 0. The van der Waals surface area contributed by atoms with E-state index < -0.39 is 0 Å². The van der Waals surface area contributed by atoms with Crippen LogP contribution in [0.25, 0.3) is 77.2 Å². The van der Waals surface area contributed by atoms with Crippen LogP contribution in [0.5, 0.6) is 11.5 Å². The van der Waals surface area contributed by atoms with E-state index in [1.54, 1.807) is 0 Å². The van der Waals surface area contributed by atoms with Gasteiger partial charge in [-0.1, -0.05) is 0 Å². The number of rotatable bonds is 9. The zero-order chi connectivity index (χ0) is 70.4. The van der Waals surface area contributed by atoms with Gasteiger partial charge in [0.2, 0.25) is 0 Å². The van der Waals surface area contributed by atoms with E-state index in [-0.39, 0.29) is 71.4 Å². The van der Waals surface area contributed by atoms with E-state index in [1.807, 2.05) is 0 Å². The van der Waals surface area contributed by atoms with Gasteiger partial charge in [0.15, 0.2) is 0 Å². The fourth-order valence-electron chi connectivity index (χ4n) is 18.5. The van der Waals surface area contributed by atoms with E-state index in [4.69, 9.17) is 4.74 Å². The Kier molecular flexibility index (Phi) is 13.7. The van der Waals surface area contributed by atoms with E-state index in [1.165, 1.54) is 122 Å². The first-order chi connectivity index (χ1) is 53.6. The molecule has 6 nitrogen and oxygen atoms in total. The van der Waals surface area contributed by atoms with E-state index in [0.717, 1.165) is 85.0 Å². The monoisotopic (exact) mass is 1640 g/mol. The summed E-state index contributed by atoms with van der Waals surface area (Å²) in [6.45, 7) is -0.438. The first kappa shape index (κ1) is 61.7. The van der Waals surface area contributed by atoms with Crippen molar-refractivity contribution in [2.45, 2.75) is 0 Å². The number of ether oxygens (including phenoxy) is 1. The Morgan fingerprint density at radius 2 is 0.602 bits per heavy atom. The van der Waals surface area contributed by atoms with Crippen LogP contribution in [0.15, 0.2) is 346 Å². The van der Waals surface area contributed by atoms with Gasteiger partial charge in [0.1, 0.15) is 0 Å². The molecule has 0 fully saturated rings. The average Bonchev–Trinajstić information content (AvgIpc) is 0.945. The van der Waals surface area contributed by atoms with Crippen molar-refractivity contribution < 1.29 is 4.74 Å². The van der Waals surface area contributed by atoms with Gasteiger partial charge in [0.25, 0.3) is 0 Å². The predicted octanol–water partition coefficient (Wildman–Crippen LogP) is 20.6. The molecule has 24 rings (SSSR count). The first-order valence-electron chi connectivity index (χ1n) is 36.8. The Morgan fingerprint density at radius 1 is 0.231 bits per heavy atom. The molecule has 0 aliphatic carbocycles. The third-order valence-electron chi connectivity index (χ3n) is 22.8. The summed E-state index contributed by atoms with van der Waals surface area (Å²) >= 11 is 0.582. The second kappa shape index (κ2) is 24.0.